The second-order valence-electron chi connectivity index (χ2n) is 2.83. The molecule has 0 atom stereocenters. The van der Waals surface area contributed by atoms with Crippen LogP contribution in [0.5, 0.6) is 0 Å². The molecule has 0 bridgehead atoms. The Hall–Kier alpha value is -0.570. The van der Waals surface area contributed by atoms with E-state index in [0.29, 0.717) is 19.6 Å². The molecule has 0 amide bonds. The fourth-order valence-corrected chi connectivity index (χ4v) is 0.769. The molecule has 0 aliphatic heterocycles. The molecule has 3 nitrogen and oxygen atoms in total. The monoisotopic (exact) mass is 174 g/mol. The number of esters is 1. The molecule has 0 saturated carbocycles. The summed E-state index contributed by atoms with van der Waals surface area (Å²) in [6.45, 7) is 6.86. The van der Waals surface area contributed by atoms with Gasteiger partial charge in [-0.15, -0.1) is 0 Å². The molecule has 0 aromatic rings. The maximum absolute atomic E-state index is 10.8. The highest BCUT2D eigenvalue weighted by Gasteiger charge is 2.01. The fraction of sp³-hybridized carbons (Fsp3) is 0.889. The summed E-state index contributed by atoms with van der Waals surface area (Å²) in [5, 5.41) is 0. The molecule has 12 heavy (non-hydrogen) atoms. The van der Waals surface area contributed by atoms with Gasteiger partial charge in [-0.3, -0.25) is 4.79 Å². The Morgan fingerprint density at radius 3 is 2.58 bits per heavy atom. The molecule has 0 radical (unpaired) electrons. The molecule has 0 aliphatic carbocycles. The highest BCUT2D eigenvalue weighted by Crippen LogP contribution is 1.96. The first-order valence-electron chi connectivity index (χ1n) is 4.44. The standard InChI is InChI=1S/C9H18O3/c1-4-11-9(10)6-5-7-12-8(2)3/h8H,4-7H2,1-3H3. The van der Waals surface area contributed by atoms with Gasteiger partial charge in [0, 0.05) is 13.0 Å². The van der Waals surface area contributed by atoms with Crippen LogP contribution < -0.4 is 0 Å². The van der Waals surface area contributed by atoms with Crippen LogP contribution in [0.15, 0.2) is 0 Å². The molecule has 72 valence electrons. The Morgan fingerprint density at radius 1 is 1.42 bits per heavy atom. The van der Waals surface area contributed by atoms with Gasteiger partial charge >= 0.3 is 5.97 Å². The molecular weight excluding hydrogens is 156 g/mol. The summed E-state index contributed by atoms with van der Waals surface area (Å²) >= 11 is 0. The lowest BCUT2D eigenvalue weighted by molar-refractivity contribution is -0.143. The number of rotatable bonds is 6. The van der Waals surface area contributed by atoms with Gasteiger partial charge in [0.05, 0.1) is 12.7 Å². The second kappa shape index (κ2) is 7.10. The van der Waals surface area contributed by atoms with Gasteiger partial charge in [-0.1, -0.05) is 0 Å². The van der Waals surface area contributed by atoms with E-state index >= 15 is 0 Å². The van der Waals surface area contributed by atoms with Crippen molar-refractivity contribution >= 4 is 5.97 Å². The van der Waals surface area contributed by atoms with Crippen molar-refractivity contribution in [3.8, 4) is 0 Å². The minimum absolute atomic E-state index is 0.134. The van der Waals surface area contributed by atoms with Crippen molar-refractivity contribution in [2.24, 2.45) is 0 Å². The highest BCUT2D eigenvalue weighted by atomic mass is 16.5. The van der Waals surface area contributed by atoms with Crippen LogP contribution in [0.25, 0.3) is 0 Å². The van der Waals surface area contributed by atoms with Crippen LogP contribution in [0.3, 0.4) is 0 Å². The van der Waals surface area contributed by atoms with Crippen molar-refractivity contribution in [1.29, 1.82) is 0 Å². The molecule has 0 fully saturated rings. The van der Waals surface area contributed by atoms with E-state index in [4.69, 9.17) is 9.47 Å². The van der Waals surface area contributed by atoms with Crippen molar-refractivity contribution in [3.05, 3.63) is 0 Å². The average molecular weight is 174 g/mol. The normalized spacial score (nSPS) is 10.3. The summed E-state index contributed by atoms with van der Waals surface area (Å²) in [6, 6.07) is 0. The zero-order valence-corrected chi connectivity index (χ0v) is 8.13. The Kier molecular flexibility index (Phi) is 6.76. The maximum atomic E-state index is 10.8. The van der Waals surface area contributed by atoms with Crippen LogP contribution >= 0.6 is 0 Å². The van der Waals surface area contributed by atoms with Crippen LogP contribution in [-0.4, -0.2) is 25.3 Å². The van der Waals surface area contributed by atoms with Crippen molar-refractivity contribution in [2.45, 2.75) is 39.7 Å². The van der Waals surface area contributed by atoms with Crippen molar-refractivity contribution in [1.82, 2.24) is 0 Å². The number of hydrogen-bond acceptors (Lipinski definition) is 3. The zero-order chi connectivity index (χ0) is 9.40. The minimum atomic E-state index is -0.134. The molecule has 3 heteroatoms. The largest absolute Gasteiger partial charge is 0.466 e. The van der Waals surface area contributed by atoms with Crippen LogP contribution in [0.2, 0.25) is 0 Å². The number of carbonyl (C=O) groups excluding carboxylic acids is 1. The first-order valence-corrected chi connectivity index (χ1v) is 4.44. The molecule has 0 N–H and O–H groups in total. The predicted molar refractivity (Wildman–Crippen MR) is 47.0 cm³/mol. The van der Waals surface area contributed by atoms with Gasteiger partial charge in [0.2, 0.25) is 0 Å². The lowest BCUT2D eigenvalue weighted by Gasteiger charge is -2.06. The molecule has 0 aromatic carbocycles. The van der Waals surface area contributed by atoms with Crippen molar-refractivity contribution in [2.75, 3.05) is 13.2 Å². The highest BCUT2D eigenvalue weighted by molar-refractivity contribution is 5.69. The summed E-state index contributed by atoms with van der Waals surface area (Å²) in [4.78, 5) is 10.8. The lowest BCUT2D eigenvalue weighted by Crippen LogP contribution is -2.08. The maximum Gasteiger partial charge on any atom is 0.305 e. The summed E-state index contributed by atoms with van der Waals surface area (Å²) in [6.07, 6.45) is 1.45. The van der Waals surface area contributed by atoms with Gasteiger partial charge < -0.3 is 9.47 Å². The fourth-order valence-electron chi connectivity index (χ4n) is 0.769. The second-order valence-corrected chi connectivity index (χ2v) is 2.83. The summed E-state index contributed by atoms with van der Waals surface area (Å²) in [7, 11) is 0. The van der Waals surface area contributed by atoms with Gasteiger partial charge in [-0.05, 0) is 27.2 Å². The first-order chi connectivity index (χ1) is 5.66. The third-order valence-corrected chi connectivity index (χ3v) is 1.28. The Labute approximate surface area is 74.0 Å². The van der Waals surface area contributed by atoms with E-state index in [1.54, 1.807) is 0 Å². The van der Waals surface area contributed by atoms with E-state index in [9.17, 15) is 4.79 Å². The van der Waals surface area contributed by atoms with Crippen molar-refractivity contribution < 1.29 is 14.3 Å². The third-order valence-electron chi connectivity index (χ3n) is 1.28. The van der Waals surface area contributed by atoms with Gasteiger partial charge in [0.1, 0.15) is 0 Å². The Morgan fingerprint density at radius 2 is 2.08 bits per heavy atom. The predicted octanol–water partition coefficient (Wildman–Crippen LogP) is 1.75. The van der Waals surface area contributed by atoms with E-state index in [-0.39, 0.29) is 12.1 Å². The van der Waals surface area contributed by atoms with Crippen LogP contribution in [0.1, 0.15) is 33.6 Å². The number of hydrogen-bond donors (Lipinski definition) is 0. The smallest absolute Gasteiger partial charge is 0.305 e. The molecule has 0 aromatic heterocycles. The van der Waals surface area contributed by atoms with Gasteiger partial charge in [0.25, 0.3) is 0 Å². The molecule has 0 unspecified atom stereocenters. The number of carbonyl (C=O) groups is 1. The van der Waals surface area contributed by atoms with Gasteiger partial charge in [-0.2, -0.15) is 0 Å². The van der Waals surface area contributed by atoms with Crippen LogP contribution in [0, 0.1) is 0 Å². The average Bonchev–Trinajstić information content (AvgIpc) is 1.98. The van der Waals surface area contributed by atoms with E-state index in [2.05, 4.69) is 0 Å². The minimum Gasteiger partial charge on any atom is -0.466 e. The topological polar surface area (TPSA) is 35.5 Å². The molecule has 0 rings (SSSR count). The quantitative estimate of drug-likeness (QED) is 0.454. The van der Waals surface area contributed by atoms with E-state index in [1.807, 2.05) is 20.8 Å². The SMILES string of the molecule is CCOC(=O)CCCOC(C)C. The van der Waals surface area contributed by atoms with Gasteiger partial charge in [0.15, 0.2) is 0 Å². The lowest BCUT2D eigenvalue weighted by atomic mass is 10.3. The van der Waals surface area contributed by atoms with E-state index in [0.717, 1.165) is 6.42 Å². The van der Waals surface area contributed by atoms with E-state index in [1.165, 1.54) is 0 Å². The van der Waals surface area contributed by atoms with Crippen LogP contribution in [-0.2, 0) is 14.3 Å². The Bertz CT molecular complexity index is 121. The molecular formula is C9H18O3. The Balaban J connectivity index is 3.14. The molecule has 0 heterocycles. The zero-order valence-electron chi connectivity index (χ0n) is 8.13. The third kappa shape index (κ3) is 7.54. The molecule has 0 aliphatic rings. The first kappa shape index (κ1) is 11.4. The van der Waals surface area contributed by atoms with E-state index < -0.39 is 0 Å². The van der Waals surface area contributed by atoms with Gasteiger partial charge in [-0.25, -0.2) is 0 Å². The van der Waals surface area contributed by atoms with Crippen molar-refractivity contribution in [3.63, 3.8) is 0 Å². The summed E-state index contributed by atoms with van der Waals surface area (Å²) in [5.41, 5.74) is 0. The molecule has 0 saturated heterocycles. The summed E-state index contributed by atoms with van der Waals surface area (Å²) in [5.74, 6) is -0.134. The molecule has 0 spiro atoms. The summed E-state index contributed by atoms with van der Waals surface area (Å²) < 4.78 is 10.0. The van der Waals surface area contributed by atoms with Crippen LogP contribution in [0.4, 0.5) is 0 Å². The number of ether oxygens (including phenoxy) is 2.